The molecule has 8 heteroatoms. The predicted octanol–water partition coefficient (Wildman–Crippen LogP) is 3.37. The molecule has 0 radical (unpaired) electrons. The van der Waals surface area contributed by atoms with Crippen LogP contribution in [0.2, 0.25) is 5.02 Å². The minimum absolute atomic E-state index is 0.132. The van der Waals surface area contributed by atoms with E-state index in [9.17, 15) is 4.79 Å². The van der Waals surface area contributed by atoms with Crippen molar-refractivity contribution in [3.05, 3.63) is 40.9 Å². The van der Waals surface area contributed by atoms with Gasteiger partial charge in [-0.05, 0) is 13.3 Å². The van der Waals surface area contributed by atoms with Gasteiger partial charge in [0.2, 0.25) is 0 Å². The van der Waals surface area contributed by atoms with Crippen LogP contribution in [0.25, 0.3) is 11.3 Å². The van der Waals surface area contributed by atoms with Gasteiger partial charge in [-0.1, -0.05) is 41.4 Å². The lowest BCUT2D eigenvalue weighted by Gasteiger charge is -2.16. The van der Waals surface area contributed by atoms with E-state index in [1.54, 1.807) is 6.07 Å². The number of amides is 1. The second-order valence-electron chi connectivity index (χ2n) is 6.37. The molecule has 3 rings (SSSR count). The molecule has 0 spiro atoms. The molecule has 2 heterocycles. The molecule has 1 amide bonds. The van der Waals surface area contributed by atoms with E-state index in [2.05, 4.69) is 10.4 Å². The van der Waals surface area contributed by atoms with E-state index in [4.69, 9.17) is 27.3 Å². The molecule has 1 aliphatic heterocycles. The SMILES string of the molecule is Cc1ccc(-c2nc(NN)c(OC[C@@H]3CCN(C(=O)O)C3)cc2Cl)cc1. The van der Waals surface area contributed by atoms with Crippen LogP contribution in [0.1, 0.15) is 12.0 Å². The Balaban J connectivity index is 1.75. The topological polar surface area (TPSA) is 101 Å². The van der Waals surface area contributed by atoms with E-state index in [0.717, 1.165) is 17.5 Å². The van der Waals surface area contributed by atoms with Crippen molar-refractivity contribution in [3.8, 4) is 17.0 Å². The number of benzene rings is 1. The molecular formula is C18H21ClN4O3. The van der Waals surface area contributed by atoms with Gasteiger partial charge >= 0.3 is 6.09 Å². The van der Waals surface area contributed by atoms with E-state index in [-0.39, 0.29) is 5.92 Å². The molecule has 7 nitrogen and oxygen atoms in total. The van der Waals surface area contributed by atoms with Gasteiger partial charge in [0.15, 0.2) is 11.6 Å². The van der Waals surface area contributed by atoms with Gasteiger partial charge in [0.25, 0.3) is 0 Å². The first-order valence-corrected chi connectivity index (χ1v) is 8.70. The zero-order valence-electron chi connectivity index (χ0n) is 14.4. The largest absolute Gasteiger partial charge is 0.489 e. The summed E-state index contributed by atoms with van der Waals surface area (Å²) < 4.78 is 5.82. The number of nitrogens with zero attached hydrogens (tertiary/aromatic N) is 2. The molecule has 0 unspecified atom stereocenters. The Morgan fingerprint density at radius 1 is 1.46 bits per heavy atom. The molecule has 1 aliphatic rings. The summed E-state index contributed by atoms with van der Waals surface area (Å²) >= 11 is 6.40. The van der Waals surface area contributed by atoms with E-state index >= 15 is 0 Å². The van der Waals surface area contributed by atoms with Crippen molar-refractivity contribution in [2.24, 2.45) is 11.8 Å². The molecule has 0 saturated carbocycles. The standard InChI is InChI=1S/C18H21ClN4O3/c1-11-2-4-13(5-3-11)16-14(19)8-15(17(21-16)22-20)26-10-12-6-7-23(9-12)18(24)25/h2-5,8,12H,6-7,9-10,20H2,1H3,(H,21,22)(H,24,25)/t12-/m1/s1. The minimum atomic E-state index is -0.899. The molecule has 1 atom stereocenters. The smallest absolute Gasteiger partial charge is 0.407 e. The van der Waals surface area contributed by atoms with Crippen LogP contribution in [0.4, 0.5) is 10.6 Å². The average molecular weight is 377 g/mol. The van der Waals surface area contributed by atoms with Gasteiger partial charge in [-0.2, -0.15) is 0 Å². The van der Waals surface area contributed by atoms with Crippen LogP contribution in [-0.2, 0) is 0 Å². The fraction of sp³-hybridized carbons (Fsp3) is 0.333. The van der Waals surface area contributed by atoms with Gasteiger partial charge in [0, 0.05) is 30.6 Å². The maximum atomic E-state index is 11.0. The van der Waals surface area contributed by atoms with Crippen molar-refractivity contribution in [3.63, 3.8) is 0 Å². The summed E-state index contributed by atoms with van der Waals surface area (Å²) in [5.41, 5.74) is 5.20. The number of nitrogen functional groups attached to an aromatic ring is 1. The Hall–Kier alpha value is -2.51. The molecular weight excluding hydrogens is 356 g/mol. The van der Waals surface area contributed by atoms with Crippen molar-refractivity contribution in [2.45, 2.75) is 13.3 Å². The van der Waals surface area contributed by atoms with Crippen molar-refractivity contribution < 1.29 is 14.6 Å². The number of carbonyl (C=O) groups is 1. The Morgan fingerprint density at radius 2 is 2.19 bits per heavy atom. The van der Waals surface area contributed by atoms with Gasteiger partial charge in [-0.3, -0.25) is 0 Å². The fourth-order valence-corrected chi connectivity index (χ4v) is 3.20. The average Bonchev–Trinajstić information content (AvgIpc) is 3.10. The normalized spacial score (nSPS) is 16.6. The third-order valence-corrected chi connectivity index (χ3v) is 4.72. The number of carboxylic acid groups (broad SMARTS) is 1. The lowest BCUT2D eigenvalue weighted by atomic mass is 10.1. The van der Waals surface area contributed by atoms with Crippen molar-refractivity contribution in [1.82, 2.24) is 9.88 Å². The maximum Gasteiger partial charge on any atom is 0.407 e. The number of halogens is 1. The summed E-state index contributed by atoms with van der Waals surface area (Å²) in [6, 6.07) is 9.55. The van der Waals surface area contributed by atoms with Crippen molar-refractivity contribution >= 4 is 23.5 Å². The first-order chi connectivity index (χ1) is 12.5. The van der Waals surface area contributed by atoms with Gasteiger partial charge in [-0.15, -0.1) is 0 Å². The number of nitrogens with two attached hydrogens (primary N) is 1. The highest BCUT2D eigenvalue weighted by Gasteiger charge is 2.26. The lowest BCUT2D eigenvalue weighted by molar-refractivity contribution is 0.151. The van der Waals surface area contributed by atoms with Crippen LogP contribution in [0.5, 0.6) is 5.75 Å². The molecule has 1 saturated heterocycles. The molecule has 0 aliphatic carbocycles. The highest BCUT2D eigenvalue weighted by atomic mass is 35.5. The zero-order valence-corrected chi connectivity index (χ0v) is 15.2. The van der Waals surface area contributed by atoms with Crippen LogP contribution < -0.4 is 16.0 Å². The second kappa shape index (κ2) is 7.80. The predicted molar refractivity (Wildman–Crippen MR) is 100 cm³/mol. The summed E-state index contributed by atoms with van der Waals surface area (Å²) in [7, 11) is 0. The highest BCUT2D eigenvalue weighted by molar-refractivity contribution is 6.33. The highest BCUT2D eigenvalue weighted by Crippen LogP contribution is 2.34. The molecule has 1 aromatic heterocycles. The molecule has 26 heavy (non-hydrogen) atoms. The third-order valence-electron chi connectivity index (χ3n) is 4.43. The van der Waals surface area contributed by atoms with Crippen LogP contribution in [0, 0.1) is 12.8 Å². The number of rotatable bonds is 5. The number of hydrogen-bond acceptors (Lipinski definition) is 5. The number of hydrogen-bond donors (Lipinski definition) is 3. The van der Waals surface area contributed by atoms with Crippen LogP contribution >= 0.6 is 11.6 Å². The summed E-state index contributed by atoms with van der Waals surface area (Å²) in [5, 5.41) is 9.48. The molecule has 1 fully saturated rings. The maximum absolute atomic E-state index is 11.0. The number of nitrogens with one attached hydrogen (secondary N) is 1. The minimum Gasteiger partial charge on any atom is -0.489 e. The summed E-state index contributed by atoms with van der Waals surface area (Å²) in [4.78, 5) is 16.9. The van der Waals surface area contributed by atoms with Gasteiger partial charge in [-0.25, -0.2) is 15.6 Å². The Labute approximate surface area is 156 Å². The van der Waals surface area contributed by atoms with Gasteiger partial charge < -0.3 is 20.2 Å². The number of likely N-dealkylation sites (tertiary alicyclic amines) is 1. The lowest BCUT2D eigenvalue weighted by Crippen LogP contribution is -2.27. The monoisotopic (exact) mass is 376 g/mol. The second-order valence-corrected chi connectivity index (χ2v) is 6.78. The number of hydrazine groups is 1. The van der Waals surface area contributed by atoms with Gasteiger partial charge in [0.05, 0.1) is 17.3 Å². The number of anilines is 1. The Bertz CT molecular complexity index is 798. The van der Waals surface area contributed by atoms with Gasteiger partial charge in [0.1, 0.15) is 0 Å². The number of pyridine rings is 1. The molecule has 0 bridgehead atoms. The number of aryl methyl sites for hydroxylation is 1. The first-order valence-electron chi connectivity index (χ1n) is 8.32. The summed E-state index contributed by atoms with van der Waals surface area (Å²) in [5.74, 6) is 6.56. The quantitative estimate of drug-likeness (QED) is 0.546. The number of ether oxygens (including phenoxy) is 1. The molecule has 2 aromatic rings. The fourth-order valence-electron chi connectivity index (χ4n) is 2.95. The first kappa shape index (κ1) is 18.3. The van der Waals surface area contributed by atoms with E-state index in [0.29, 0.717) is 42.0 Å². The summed E-state index contributed by atoms with van der Waals surface area (Å²) in [6.45, 7) is 3.37. The Morgan fingerprint density at radius 3 is 2.81 bits per heavy atom. The van der Waals surface area contributed by atoms with Crippen LogP contribution in [0.3, 0.4) is 0 Å². The molecule has 4 N–H and O–H groups in total. The zero-order chi connectivity index (χ0) is 18.7. The third kappa shape index (κ3) is 4.00. The van der Waals surface area contributed by atoms with Crippen molar-refractivity contribution in [2.75, 3.05) is 25.1 Å². The molecule has 1 aromatic carbocycles. The van der Waals surface area contributed by atoms with E-state index < -0.39 is 6.09 Å². The number of aromatic nitrogens is 1. The van der Waals surface area contributed by atoms with E-state index in [1.807, 2.05) is 31.2 Å². The molecule has 138 valence electrons. The van der Waals surface area contributed by atoms with Crippen molar-refractivity contribution in [1.29, 1.82) is 0 Å². The summed E-state index contributed by atoms with van der Waals surface area (Å²) in [6.07, 6.45) is -0.135. The Kier molecular flexibility index (Phi) is 5.49. The van der Waals surface area contributed by atoms with Crippen LogP contribution in [0.15, 0.2) is 30.3 Å². The van der Waals surface area contributed by atoms with E-state index in [1.165, 1.54) is 4.90 Å². The van der Waals surface area contributed by atoms with Crippen LogP contribution in [-0.4, -0.2) is 40.8 Å².